The molecule has 7 heteroatoms. The minimum atomic E-state index is -0.105. The van der Waals surface area contributed by atoms with Crippen molar-refractivity contribution in [1.29, 1.82) is 0 Å². The highest BCUT2D eigenvalue weighted by molar-refractivity contribution is 6.02. The number of likely N-dealkylation sites (tertiary alicyclic amines) is 1. The quantitative estimate of drug-likeness (QED) is 0.300. The van der Waals surface area contributed by atoms with Crippen molar-refractivity contribution in [1.82, 2.24) is 20.2 Å². The predicted molar refractivity (Wildman–Crippen MR) is 181 cm³/mol. The monoisotopic (exact) mass is 608 g/mol. The highest BCUT2D eigenvalue weighted by Crippen LogP contribution is 2.39. The maximum absolute atomic E-state index is 13.8. The number of Topliss-reactive ketones (excluding diaryl/α,β-unsaturated/α-hetero) is 1. The Bertz CT molecular complexity index is 1570. The number of carbonyl (C=O) groups excluding carboxylic acids is 2. The van der Waals surface area contributed by atoms with Gasteiger partial charge in [0.1, 0.15) is 6.29 Å². The van der Waals surface area contributed by atoms with Crippen LogP contribution in [0.2, 0.25) is 0 Å². The number of benzene rings is 1. The number of allylic oxidation sites excluding steroid dienone is 1. The second-order valence-corrected chi connectivity index (χ2v) is 14.1. The highest BCUT2D eigenvalue weighted by atomic mass is 16.1. The van der Waals surface area contributed by atoms with E-state index in [0.29, 0.717) is 30.2 Å². The second-order valence-electron chi connectivity index (χ2n) is 14.1. The third-order valence-corrected chi connectivity index (χ3v) is 9.69. The summed E-state index contributed by atoms with van der Waals surface area (Å²) in [4.78, 5) is 44.2. The number of aromatic amines is 1. The first kappa shape index (κ1) is 32.7. The molecule has 45 heavy (non-hydrogen) atoms. The first-order valence-corrected chi connectivity index (χ1v) is 16.4. The topological polar surface area (TPSA) is 95.2 Å². The number of nitrogens with one attached hydrogen (secondary N) is 2. The van der Waals surface area contributed by atoms with Crippen molar-refractivity contribution in [3.05, 3.63) is 92.7 Å². The zero-order valence-corrected chi connectivity index (χ0v) is 27.5. The second kappa shape index (κ2) is 14.2. The number of hydrogen-bond acceptors (Lipinski definition) is 6. The molecule has 1 aromatic carbocycles. The third-order valence-electron chi connectivity index (χ3n) is 9.69. The van der Waals surface area contributed by atoms with Crippen molar-refractivity contribution >= 4 is 18.1 Å². The minimum absolute atomic E-state index is 0.105. The van der Waals surface area contributed by atoms with Gasteiger partial charge in [-0.05, 0) is 109 Å². The smallest absolute Gasteiger partial charge is 0.247 e. The molecule has 0 bridgehead atoms. The van der Waals surface area contributed by atoms with E-state index < -0.39 is 0 Å². The van der Waals surface area contributed by atoms with Crippen LogP contribution in [0, 0.1) is 11.3 Å². The molecule has 7 nitrogen and oxygen atoms in total. The van der Waals surface area contributed by atoms with Gasteiger partial charge in [0.25, 0.3) is 0 Å². The molecule has 3 aliphatic rings. The zero-order chi connectivity index (χ0) is 32.1. The van der Waals surface area contributed by atoms with Crippen LogP contribution in [0.4, 0.5) is 0 Å². The fraction of sp³-hybridized carbons (Fsp3) is 0.474. The van der Waals surface area contributed by atoms with Gasteiger partial charge < -0.3 is 20.0 Å². The molecule has 1 saturated heterocycles. The molecular formula is C38H48N4O3. The lowest BCUT2D eigenvalue weighted by Gasteiger charge is -2.37. The number of aldehydes is 1. The number of pyridine rings is 2. The van der Waals surface area contributed by atoms with Gasteiger partial charge in [0.2, 0.25) is 5.56 Å². The average Bonchev–Trinajstić information content (AvgIpc) is 3.41. The van der Waals surface area contributed by atoms with Crippen molar-refractivity contribution < 1.29 is 9.59 Å². The molecular weight excluding hydrogens is 560 g/mol. The van der Waals surface area contributed by atoms with Gasteiger partial charge in [-0.3, -0.25) is 14.6 Å². The SMILES string of the molecule is CC=O.CN1CC(NCC[C@@H](CC(=O)C2=Cc3cc4c(nc3C2)CC[C@H](C(C)(C)C)C4)c2ccc(-c3ccc(=O)[nH]c3)cc2)C1. The van der Waals surface area contributed by atoms with Crippen molar-refractivity contribution in [2.45, 2.75) is 78.2 Å². The average molecular weight is 609 g/mol. The molecule has 238 valence electrons. The maximum atomic E-state index is 13.8. The van der Waals surface area contributed by atoms with Crippen LogP contribution in [-0.4, -0.2) is 59.7 Å². The minimum Gasteiger partial charge on any atom is -0.328 e. The van der Waals surface area contributed by atoms with E-state index >= 15 is 0 Å². The largest absolute Gasteiger partial charge is 0.328 e. The van der Waals surface area contributed by atoms with Gasteiger partial charge in [-0.1, -0.05) is 45.0 Å². The first-order valence-electron chi connectivity index (χ1n) is 16.4. The summed E-state index contributed by atoms with van der Waals surface area (Å²) in [7, 11) is 2.14. The van der Waals surface area contributed by atoms with Gasteiger partial charge in [0.15, 0.2) is 5.78 Å². The summed E-state index contributed by atoms with van der Waals surface area (Å²) >= 11 is 0. The summed E-state index contributed by atoms with van der Waals surface area (Å²) in [6.45, 7) is 11.5. The lowest BCUT2D eigenvalue weighted by atomic mass is 9.71. The number of fused-ring (bicyclic) bond motifs is 2. The van der Waals surface area contributed by atoms with Crippen LogP contribution >= 0.6 is 0 Å². The molecule has 0 saturated carbocycles. The summed E-state index contributed by atoms with van der Waals surface area (Å²) in [6.07, 6.45) is 9.97. The Balaban J connectivity index is 0.00000128. The molecule has 1 aliphatic heterocycles. The standard InChI is InChI=1S/C36H44N4O2.C2H4O/c1-36(2,3)30-10-11-32-28(17-30)15-27-16-29(18-33(27)39-32)34(41)19-25(13-14-37-31-21-40(4)22-31)23-5-7-24(8-6-23)26-9-12-35(42)38-20-26;1-2-3/h5-9,12,15-16,20,25,30-31,37H,10-11,13-14,17-19,21-22H2,1-4H3,(H,38,42);2H,1H3/t25-,30-;/m0./s1. The molecule has 0 unspecified atom stereocenters. The predicted octanol–water partition coefficient (Wildman–Crippen LogP) is 5.77. The number of aryl methyl sites for hydroxylation is 1. The zero-order valence-electron chi connectivity index (χ0n) is 27.5. The van der Waals surface area contributed by atoms with E-state index in [-0.39, 0.29) is 17.3 Å². The summed E-state index contributed by atoms with van der Waals surface area (Å²) in [5, 5.41) is 3.68. The Hall–Kier alpha value is -3.68. The van der Waals surface area contributed by atoms with Crippen LogP contribution in [0.1, 0.15) is 81.0 Å². The van der Waals surface area contributed by atoms with Crippen LogP contribution < -0.4 is 10.9 Å². The van der Waals surface area contributed by atoms with Gasteiger partial charge in [-0.2, -0.15) is 0 Å². The number of ketones is 1. The molecule has 3 heterocycles. The molecule has 0 spiro atoms. The van der Waals surface area contributed by atoms with Gasteiger partial charge in [-0.25, -0.2) is 0 Å². The van der Waals surface area contributed by atoms with Crippen molar-refractivity contribution in [3.8, 4) is 11.1 Å². The third kappa shape index (κ3) is 8.13. The molecule has 3 aromatic rings. The fourth-order valence-corrected chi connectivity index (χ4v) is 6.90. The summed E-state index contributed by atoms with van der Waals surface area (Å²) in [5.74, 6) is 1.03. The molecule has 1 fully saturated rings. The molecule has 0 amide bonds. The van der Waals surface area contributed by atoms with Crippen LogP contribution in [0.3, 0.4) is 0 Å². The molecule has 2 N–H and O–H groups in total. The summed E-state index contributed by atoms with van der Waals surface area (Å²) in [6, 6.07) is 14.7. The van der Waals surface area contributed by atoms with Gasteiger partial charge in [0.05, 0.1) is 5.69 Å². The van der Waals surface area contributed by atoms with E-state index in [1.165, 1.54) is 30.2 Å². The van der Waals surface area contributed by atoms with E-state index in [1.807, 2.05) is 6.07 Å². The molecule has 6 rings (SSSR count). The van der Waals surface area contributed by atoms with Gasteiger partial charge >= 0.3 is 0 Å². The van der Waals surface area contributed by atoms with Crippen LogP contribution in [0.15, 0.2) is 59.0 Å². The Morgan fingerprint density at radius 1 is 1.11 bits per heavy atom. The van der Waals surface area contributed by atoms with E-state index in [9.17, 15) is 9.59 Å². The Morgan fingerprint density at radius 3 is 2.47 bits per heavy atom. The van der Waals surface area contributed by atoms with E-state index in [4.69, 9.17) is 9.78 Å². The lowest BCUT2D eigenvalue weighted by Crippen LogP contribution is -2.56. The van der Waals surface area contributed by atoms with Gasteiger partial charge in [0, 0.05) is 55.5 Å². The molecule has 2 atom stereocenters. The number of aromatic nitrogens is 2. The Labute approximate surface area is 267 Å². The fourth-order valence-electron chi connectivity index (χ4n) is 6.90. The van der Waals surface area contributed by atoms with Crippen molar-refractivity contribution in [2.24, 2.45) is 11.3 Å². The Kier molecular flexibility index (Phi) is 10.3. The first-order chi connectivity index (χ1) is 21.5. The van der Waals surface area contributed by atoms with E-state index in [1.54, 1.807) is 12.3 Å². The molecule has 2 aliphatic carbocycles. The highest BCUT2D eigenvalue weighted by Gasteiger charge is 2.31. The van der Waals surface area contributed by atoms with Crippen LogP contribution in [0.5, 0.6) is 0 Å². The molecule has 2 aromatic heterocycles. The van der Waals surface area contributed by atoms with Gasteiger partial charge in [-0.15, -0.1) is 0 Å². The number of carbonyl (C=O) groups is 2. The van der Waals surface area contributed by atoms with Crippen molar-refractivity contribution in [3.63, 3.8) is 0 Å². The lowest BCUT2D eigenvalue weighted by molar-refractivity contribution is -0.116. The van der Waals surface area contributed by atoms with Crippen LogP contribution in [-0.2, 0) is 28.9 Å². The number of likely N-dealkylation sites (N-methyl/N-ethyl adjacent to an activating group) is 1. The summed E-state index contributed by atoms with van der Waals surface area (Å²) in [5.41, 5.74) is 9.13. The number of H-pyrrole nitrogens is 1. The number of nitrogens with zero attached hydrogens (tertiary/aromatic N) is 2. The number of hydrogen-bond donors (Lipinski definition) is 2. The maximum Gasteiger partial charge on any atom is 0.247 e. The van der Waals surface area contributed by atoms with E-state index in [2.05, 4.69) is 79.4 Å². The summed E-state index contributed by atoms with van der Waals surface area (Å²) < 4.78 is 0. The number of rotatable bonds is 9. The van der Waals surface area contributed by atoms with Crippen LogP contribution in [0.25, 0.3) is 17.2 Å². The van der Waals surface area contributed by atoms with Crippen molar-refractivity contribution in [2.75, 3.05) is 26.7 Å². The van der Waals surface area contributed by atoms with E-state index in [0.717, 1.165) is 73.1 Å². The Morgan fingerprint density at radius 2 is 1.82 bits per heavy atom. The molecule has 0 radical (unpaired) electrons. The normalized spacial score (nSPS) is 18.5.